The second kappa shape index (κ2) is 5.27. The fourth-order valence-electron chi connectivity index (χ4n) is 2.32. The van der Waals surface area contributed by atoms with Crippen LogP contribution >= 0.6 is 0 Å². The van der Waals surface area contributed by atoms with Crippen LogP contribution in [-0.4, -0.2) is 63.0 Å². The molecule has 0 bridgehead atoms. The average molecular weight is 344 g/mol. The number of aliphatic hydroxyl groups excluding tert-OH is 2. The summed E-state index contributed by atoms with van der Waals surface area (Å²) < 4.78 is 7.34. The van der Waals surface area contributed by atoms with E-state index in [9.17, 15) is 10.2 Å². The van der Waals surface area contributed by atoms with Crippen molar-refractivity contribution < 1.29 is 14.9 Å². The van der Waals surface area contributed by atoms with Gasteiger partial charge in [0.2, 0.25) is 0 Å². The Morgan fingerprint density at radius 2 is 2.15 bits per heavy atom. The van der Waals surface area contributed by atoms with Crippen LogP contribution in [0.4, 0.5) is 5.82 Å². The Balaban J connectivity index is 1.97. The van der Waals surface area contributed by atoms with Gasteiger partial charge in [-0.1, -0.05) is 0 Å². The van der Waals surface area contributed by atoms with Crippen LogP contribution in [-0.2, 0) is 4.74 Å². The first-order chi connectivity index (χ1) is 9.63. The standard InChI is InChI=1S/C11H15N5O3Se/c1-20-2-5-7(17)8(18)11(19-5)16-4-15-6-9(12)13-3-14-10(6)16/h3-5,7-8,11,17-18H,2H2,1H3,(H2,12,13,14)/t5-,7?,8+,11-/m1/s1. The number of aromatic nitrogens is 4. The second-order valence-electron chi connectivity index (χ2n) is 4.58. The fraction of sp³-hybridized carbons (Fsp3) is 0.545. The molecule has 0 amide bonds. The number of hydrogen-bond donors (Lipinski definition) is 3. The minimum absolute atomic E-state index is 0.273. The van der Waals surface area contributed by atoms with Gasteiger partial charge in [0.05, 0.1) is 0 Å². The predicted octanol–water partition coefficient (Wildman–Crippen LogP) is -0.802. The third-order valence-corrected chi connectivity index (χ3v) is 4.72. The number of fused-ring (bicyclic) bond motifs is 1. The molecule has 20 heavy (non-hydrogen) atoms. The number of aliphatic hydroxyl groups is 2. The third-order valence-electron chi connectivity index (χ3n) is 3.33. The Morgan fingerprint density at radius 3 is 2.90 bits per heavy atom. The summed E-state index contributed by atoms with van der Waals surface area (Å²) in [5.74, 6) is 2.33. The van der Waals surface area contributed by atoms with Crippen LogP contribution in [0.1, 0.15) is 6.23 Å². The Labute approximate surface area is 121 Å². The molecular formula is C11H15N5O3Se. The quantitative estimate of drug-likeness (QED) is 0.624. The molecule has 8 nitrogen and oxygen atoms in total. The molecule has 1 fully saturated rings. The first kappa shape index (κ1) is 13.7. The van der Waals surface area contributed by atoms with E-state index in [4.69, 9.17) is 10.5 Å². The molecule has 3 rings (SSSR count). The molecule has 0 aliphatic carbocycles. The topological polar surface area (TPSA) is 119 Å². The Morgan fingerprint density at radius 1 is 1.35 bits per heavy atom. The van der Waals surface area contributed by atoms with Crippen molar-refractivity contribution in [2.24, 2.45) is 0 Å². The van der Waals surface area contributed by atoms with Crippen LogP contribution in [0, 0.1) is 0 Å². The zero-order valence-corrected chi connectivity index (χ0v) is 12.5. The number of rotatable bonds is 3. The summed E-state index contributed by atoms with van der Waals surface area (Å²) in [6, 6.07) is 0. The third kappa shape index (κ3) is 2.07. The first-order valence-electron chi connectivity index (χ1n) is 6.07. The van der Waals surface area contributed by atoms with E-state index in [0.29, 0.717) is 26.1 Å². The van der Waals surface area contributed by atoms with Crippen LogP contribution in [0.5, 0.6) is 0 Å². The maximum atomic E-state index is 10.2. The van der Waals surface area contributed by atoms with Crippen LogP contribution < -0.4 is 5.73 Å². The van der Waals surface area contributed by atoms with Gasteiger partial charge in [0.25, 0.3) is 0 Å². The molecule has 0 spiro atoms. The van der Waals surface area contributed by atoms with Crippen molar-refractivity contribution in [3.05, 3.63) is 12.7 Å². The van der Waals surface area contributed by atoms with E-state index < -0.39 is 18.4 Å². The summed E-state index contributed by atoms with van der Waals surface area (Å²) >= 11 is 0.351. The summed E-state index contributed by atoms with van der Waals surface area (Å²) in [6.45, 7) is 0. The minimum atomic E-state index is -1.02. The first-order valence-corrected chi connectivity index (χ1v) is 8.99. The van der Waals surface area contributed by atoms with Crippen LogP contribution in [0.2, 0.25) is 11.1 Å². The van der Waals surface area contributed by atoms with Crippen molar-refractivity contribution in [2.45, 2.75) is 35.7 Å². The summed E-state index contributed by atoms with van der Waals surface area (Å²) in [4.78, 5) is 12.1. The van der Waals surface area contributed by atoms with E-state index in [0.717, 1.165) is 5.32 Å². The van der Waals surface area contributed by atoms with Crippen LogP contribution in [0.25, 0.3) is 11.2 Å². The fourth-order valence-corrected chi connectivity index (χ4v) is 3.59. The molecule has 1 aliphatic heterocycles. The van der Waals surface area contributed by atoms with E-state index in [2.05, 4.69) is 20.8 Å². The van der Waals surface area contributed by atoms with E-state index in [1.807, 2.05) is 0 Å². The molecule has 1 aliphatic rings. The van der Waals surface area contributed by atoms with Crippen LogP contribution in [0.15, 0.2) is 12.7 Å². The van der Waals surface area contributed by atoms with E-state index >= 15 is 0 Å². The van der Waals surface area contributed by atoms with Crippen LogP contribution in [0.3, 0.4) is 0 Å². The molecule has 0 radical (unpaired) electrons. The van der Waals surface area contributed by atoms with Gasteiger partial charge in [0.15, 0.2) is 0 Å². The maximum absolute atomic E-state index is 10.2. The summed E-state index contributed by atoms with van der Waals surface area (Å²) in [7, 11) is 0. The number of nitrogens with two attached hydrogens (primary N) is 1. The van der Waals surface area contributed by atoms with Crippen molar-refractivity contribution in [1.82, 2.24) is 19.5 Å². The summed E-state index contributed by atoms with van der Waals surface area (Å²) in [5, 5.41) is 20.9. The molecule has 108 valence electrons. The number of nitrogens with zero attached hydrogens (tertiary/aromatic N) is 4. The number of hydrogen-bond acceptors (Lipinski definition) is 7. The van der Waals surface area contributed by atoms with Crippen molar-refractivity contribution in [1.29, 1.82) is 0 Å². The molecule has 1 unspecified atom stereocenters. The molecule has 0 aromatic carbocycles. The number of ether oxygens (including phenoxy) is 1. The average Bonchev–Trinajstić information content (AvgIpc) is 2.97. The zero-order valence-electron chi connectivity index (χ0n) is 10.7. The van der Waals surface area contributed by atoms with Gasteiger partial charge < -0.3 is 0 Å². The van der Waals surface area contributed by atoms with Gasteiger partial charge >= 0.3 is 120 Å². The molecule has 3 heterocycles. The van der Waals surface area contributed by atoms with Crippen molar-refractivity contribution in [3.63, 3.8) is 0 Å². The van der Waals surface area contributed by atoms with Gasteiger partial charge in [-0.2, -0.15) is 0 Å². The van der Waals surface area contributed by atoms with Gasteiger partial charge in [-0.05, 0) is 0 Å². The molecule has 2 aromatic heterocycles. The molecule has 1 saturated heterocycles. The van der Waals surface area contributed by atoms with Gasteiger partial charge in [0.1, 0.15) is 0 Å². The Hall–Kier alpha value is -1.25. The van der Waals surface area contributed by atoms with E-state index in [-0.39, 0.29) is 11.9 Å². The van der Waals surface area contributed by atoms with E-state index in [1.165, 1.54) is 12.7 Å². The summed E-state index contributed by atoms with van der Waals surface area (Å²) in [5.41, 5.74) is 6.67. The molecule has 4 atom stereocenters. The van der Waals surface area contributed by atoms with Crippen molar-refractivity contribution in [3.8, 4) is 0 Å². The number of nitrogen functional groups attached to an aromatic ring is 1. The zero-order chi connectivity index (χ0) is 14.3. The number of anilines is 1. The van der Waals surface area contributed by atoms with Gasteiger partial charge in [-0.3, -0.25) is 0 Å². The normalized spacial score (nSPS) is 30.1. The second-order valence-corrected chi connectivity index (χ2v) is 6.50. The molecule has 9 heteroatoms. The van der Waals surface area contributed by atoms with Gasteiger partial charge in [-0.15, -0.1) is 0 Å². The molecule has 0 saturated carbocycles. The van der Waals surface area contributed by atoms with Gasteiger partial charge in [0, 0.05) is 0 Å². The van der Waals surface area contributed by atoms with Gasteiger partial charge in [-0.25, -0.2) is 0 Å². The predicted molar refractivity (Wildman–Crippen MR) is 72.1 cm³/mol. The molecular weight excluding hydrogens is 329 g/mol. The van der Waals surface area contributed by atoms with Crippen molar-refractivity contribution >= 4 is 31.9 Å². The Kier molecular flexibility index (Phi) is 3.61. The van der Waals surface area contributed by atoms with E-state index in [1.54, 1.807) is 4.57 Å². The SMILES string of the molecule is C[Se]C[C@H]1O[C@@H](n2cnc3c(N)ncnc32)[C@@H](O)C1O. The number of imidazole rings is 1. The molecule has 2 aromatic rings. The molecule has 4 N–H and O–H groups in total. The Bertz CT molecular complexity index is 621. The van der Waals surface area contributed by atoms with Crippen molar-refractivity contribution in [2.75, 3.05) is 5.73 Å². The summed E-state index contributed by atoms with van der Waals surface area (Å²) in [6.07, 6.45) is -0.168. The monoisotopic (exact) mass is 345 g/mol.